The van der Waals surface area contributed by atoms with Gasteiger partial charge in [0.2, 0.25) is 0 Å². The predicted octanol–water partition coefficient (Wildman–Crippen LogP) is 4.10. The molecule has 2 heterocycles. The number of nitrogens with one attached hydrogen (secondary N) is 2. The van der Waals surface area contributed by atoms with Crippen LogP contribution in [0.2, 0.25) is 10.0 Å². The zero-order chi connectivity index (χ0) is 14.4. The highest BCUT2D eigenvalue weighted by molar-refractivity contribution is 6.42. The second-order valence-electron chi connectivity index (χ2n) is 5.29. The molecule has 0 saturated heterocycles. The van der Waals surface area contributed by atoms with E-state index in [0.717, 1.165) is 29.9 Å². The van der Waals surface area contributed by atoms with Crippen molar-refractivity contribution in [1.82, 2.24) is 15.3 Å². The second-order valence-corrected chi connectivity index (χ2v) is 6.10. The topological polar surface area (TPSA) is 40.7 Å². The summed E-state index contributed by atoms with van der Waals surface area (Å²) in [4.78, 5) is 8.08. The number of rotatable bonds is 1. The van der Waals surface area contributed by atoms with Crippen LogP contribution in [0.15, 0.2) is 36.4 Å². The van der Waals surface area contributed by atoms with Crippen molar-refractivity contribution < 1.29 is 0 Å². The van der Waals surface area contributed by atoms with Crippen LogP contribution in [0.3, 0.4) is 0 Å². The number of nitrogens with zero attached hydrogens (tertiary/aromatic N) is 1. The molecule has 2 aromatic carbocycles. The van der Waals surface area contributed by atoms with E-state index in [1.54, 1.807) is 6.07 Å². The van der Waals surface area contributed by atoms with Crippen LogP contribution in [0.25, 0.3) is 11.0 Å². The maximum Gasteiger partial charge on any atom is 0.116 e. The lowest BCUT2D eigenvalue weighted by Gasteiger charge is -2.24. The van der Waals surface area contributed by atoms with Crippen molar-refractivity contribution in [2.75, 3.05) is 6.54 Å². The minimum atomic E-state index is 0.222. The summed E-state index contributed by atoms with van der Waals surface area (Å²) < 4.78 is 0. The zero-order valence-electron chi connectivity index (χ0n) is 11.2. The van der Waals surface area contributed by atoms with Crippen LogP contribution in [0.5, 0.6) is 0 Å². The van der Waals surface area contributed by atoms with Crippen LogP contribution in [0.4, 0.5) is 0 Å². The molecule has 3 aromatic rings. The van der Waals surface area contributed by atoms with Crippen LogP contribution in [-0.2, 0) is 6.54 Å². The van der Waals surface area contributed by atoms with Gasteiger partial charge < -0.3 is 10.3 Å². The average Bonchev–Trinajstić information content (AvgIpc) is 2.90. The number of aromatic nitrogens is 2. The third kappa shape index (κ3) is 2.22. The Kier molecular flexibility index (Phi) is 3.14. The maximum absolute atomic E-state index is 6.07. The third-order valence-electron chi connectivity index (χ3n) is 3.97. The molecule has 0 bridgehead atoms. The van der Waals surface area contributed by atoms with Gasteiger partial charge in [-0.2, -0.15) is 0 Å². The highest BCUT2D eigenvalue weighted by Crippen LogP contribution is 2.32. The number of hydrogen-bond acceptors (Lipinski definition) is 2. The predicted molar refractivity (Wildman–Crippen MR) is 86.1 cm³/mol. The Morgan fingerprint density at radius 3 is 2.81 bits per heavy atom. The van der Waals surface area contributed by atoms with E-state index in [1.165, 1.54) is 11.1 Å². The van der Waals surface area contributed by atoms with Gasteiger partial charge in [-0.05, 0) is 23.3 Å². The first-order valence-electron chi connectivity index (χ1n) is 6.85. The second kappa shape index (κ2) is 5.02. The number of aromatic amines is 1. The van der Waals surface area contributed by atoms with Crippen molar-refractivity contribution in [2.24, 2.45) is 0 Å². The monoisotopic (exact) mass is 317 g/mol. The number of fused-ring (bicyclic) bond motifs is 2. The van der Waals surface area contributed by atoms with Crippen LogP contribution in [-0.4, -0.2) is 16.5 Å². The summed E-state index contributed by atoms with van der Waals surface area (Å²) in [6, 6.07) is 12.1. The standard InChI is InChI=1S/C16H13Cl2N3/c17-12-5-14-15(6-13(12)18)21-16(20-14)11-8-19-7-9-3-1-2-4-10(9)11/h1-6,11,19H,7-8H2,(H,20,21). The van der Waals surface area contributed by atoms with E-state index in [-0.39, 0.29) is 5.92 Å². The minimum Gasteiger partial charge on any atom is -0.341 e. The van der Waals surface area contributed by atoms with Gasteiger partial charge in [0.25, 0.3) is 0 Å². The van der Waals surface area contributed by atoms with E-state index in [0.29, 0.717) is 10.0 Å². The van der Waals surface area contributed by atoms with Gasteiger partial charge in [0.15, 0.2) is 0 Å². The molecule has 1 aliphatic rings. The number of H-pyrrole nitrogens is 1. The molecule has 1 aromatic heterocycles. The minimum absolute atomic E-state index is 0.222. The molecule has 1 aliphatic heterocycles. The van der Waals surface area contributed by atoms with E-state index in [1.807, 2.05) is 6.07 Å². The van der Waals surface area contributed by atoms with Crippen molar-refractivity contribution in [2.45, 2.75) is 12.5 Å². The molecule has 3 nitrogen and oxygen atoms in total. The van der Waals surface area contributed by atoms with Crippen molar-refractivity contribution in [3.63, 3.8) is 0 Å². The lowest BCUT2D eigenvalue weighted by molar-refractivity contribution is 0.576. The van der Waals surface area contributed by atoms with Crippen LogP contribution in [0.1, 0.15) is 22.9 Å². The van der Waals surface area contributed by atoms with E-state index in [9.17, 15) is 0 Å². The van der Waals surface area contributed by atoms with Crippen molar-refractivity contribution in [3.05, 3.63) is 63.4 Å². The highest BCUT2D eigenvalue weighted by Gasteiger charge is 2.24. The SMILES string of the molecule is Clc1cc2nc(C3CNCc4ccccc43)[nH]c2cc1Cl. The van der Waals surface area contributed by atoms with E-state index in [2.05, 4.69) is 34.6 Å². The molecule has 1 unspecified atom stereocenters. The molecule has 0 aliphatic carbocycles. The Balaban J connectivity index is 1.84. The Morgan fingerprint density at radius 1 is 1.10 bits per heavy atom. The molecule has 0 radical (unpaired) electrons. The van der Waals surface area contributed by atoms with Crippen LogP contribution in [0, 0.1) is 0 Å². The third-order valence-corrected chi connectivity index (χ3v) is 4.69. The van der Waals surface area contributed by atoms with Crippen LogP contribution < -0.4 is 5.32 Å². The van der Waals surface area contributed by atoms with Gasteiger partial charge in [-0.1, -0.05) is 47.5 Å². The lowest BCUT2D eigenvalue weighted by Crippen LogP contribution is -2.29. The first-order valence-corrected chi connectivity index (χ1v) is 7.61. The molecule has 106 valence electrons. The van der Waals surface area contributed by atoms with Crippen molar-refractivity contribution >= 4 is 34.2 Å². The fourth-order valence-electron chi connectivity index (χ4n) is 2.93. The summed E-state index contributed by atoms with van der Waals surface area (Å²) in [5.41, 5.74) is 4.42. The molecule has 4 rings (SSSR count). The first-order chi connectivity index (χ1) is 10.2. The summed E-state index contributed by atoms with van der Waals surface area (Å²) in [7, 11) is 0. The van der Waals surface area contributed by atoms with Gasteiger partial charge in [0, 0.05) is 13.1 Å². The van der Waals surface area contributed by atoms with E-state index >= 15 is 0 Å². The number of imidazole rings is 1. The summed E-state index contributed by atoms with van der Waals surface area (Å²) in [5.74, 6) is 1.17. The largest absolute Gasteiger partial charge is 0.341 e. The smallest absolute Gasteiger partial charge is 0.116 e. The van der Waals surface area contributed by atoms with Gasteiger partial charge in [-0.3, -0.25) is 0 Å². The molecular formula is C16H13Cl2N3. The van der Waals surface area contributed by atoms with Gasteiger partial charge in [0.1, 0.15) is 5.82 Å². The Morgan fingerprint density at radius 2 is 1.90 bits per heavy atom. The summed E-state index contributed by atoms with van der Waals surface area (Å²) in [6.07, 6.45) is 0. The van der Waals surface area contributed by atoms with Gasteiger partial charge in [-0.15, -0.1) is 0 Å². The van der Waals surface area contributed by atoms with Gasteiger partial charge >= 0.3 is 0 Å². The quantitative estimate of drug-likeness (QED) is 0.709. The summed E-state index contributed by atoms with van der Waals surface area (Å²) in [6.45, 7) is 1.78. The average molecular weight is 318 g/mol. The van der Waals surface area contributed by atoms with Gasteiger partial charge in [-0.25, -0.2) is 4.98 Å². The first kappa shape index (κ1) is 13.1. The van der Waals surface area contributed by atoms with Crippen molar-refractivity contribution in [1.29, 1.82) is 0 Å². The lowest BCUT2D eigenvalue weighted by atomic mass is 9.90. The number of benzene rings is 2. The Labute approximate surface area is 132 Å². The number of hydrogen-bond donors (Lipinski definition) is 2. The Hall–Kier alpha value is -1.55. The number of halogens is 2. The summed E-state index contributed by atoms with van der Waals surface area (Å²) >= 11 is 12.1. The Bertz CT molecular complexity index is 787. The molecule has 21 heavy (non-hydrogen) atoms. The zero-order valence-corrected chi connectivity index (χ0v) is 12.7. The summed E-state index contributed by atoms with van der Waals surface area (Å²) in [5, 5.41) is 4.52. The molecule has 0 spiro atoms. The fourth-order valence-corrected chi connectivity index (χ4v) is 3.25. The van der Waals surface area contributed by atoms with Crippen molar-refractivity contribution in [3.8, 4) is 0 Å². The molecular weight excluding hydrogens is 305 g/mol. The fraction of sp³-hybridized carbons (Fsp3) is 0.188. The molecule has 1 atom stereocenters. The van der Waals surface area contributed by atoms with Gasteiger partial charge in [0.05, 0.1) is 27.0 Å². The van der Waals surface area contributed by atoms with Crippen LogP contribution >= 0.6 is 23.2 Å². The highest BCUT2D eigenvalue weighted by atomic mass is 35.5. The normalized spacial score (nSPS) is 17.9. The maximum atomic E-state index is 6.07. The molecule has 0 fully saturated rings. The molecule has 0 saturated carbocycles. The van der Waals surface area contributed by atoms with E-state index in [4.69, 9.17) is 28.2 Å². The van der Waals surface area contributed by atoms with E-state index < -0.39 is 0 Å². The molecule has 5 heteroatoms. The molecule has 2 N–H and O–H groups in total. The molecule has 0 amide bonds.